The molecule has 2 atom stereocenters. The highest BCUT2D eigenvalue weighted by Gasteiger charge is 2.22. The minimum absolute atomic E-state index is 0.903. The highest BCUT2D eigenvalue weighted by Crippen LogP contribution is 2.30. The van der Waals surface area contributed by atoms with E-state index in [9.17, 15) is 0 Å². The maximum atomic E-state index is 3.64. The molecule has 1 aliphatic carbocycles. The van der Waals surface area contributed by atoms with Crippen LogP contribution in [0.15, 0.2) is 6.07 Å². The number of aromatic nitrogens is 1. The molecule has 0 amide bonds. The van der Waals surface area contributed by atoms with Crippen LogP contribution in [0.25, 0.3) is 0 Å². The van der Waals surface area contributed by atoms with Gasteiger partial charge in [0, 0.05) is 25.0 Å². The zero-order valence-electron chi connectivity index (χ0n) is 11.7. The maximum Gasteiger partial charge on any atom is 0.0223 e. The molecule has 0 aliphatic heterocycles. The Hall–Kier alpha value is -0.760. The van der Waals surface area contributed by atoms with Gasteiger partial charge in [-0.25, -0.2) is 0 Å². The lowest BCUT2D eigenvalue weighted by Gasteiger charge is -2.15. The molecule has 2 heteroatoms. The van der Waals surface area contributed by atoms with Crippen molar-refractivity contribution in [1.29, 1.82) is 0 Å². The first-order chi connectivity index (χ1) is 8.09. The first-order valence-electron chi connectivity index (χ1n) is 6.92. The average Bonchev–Trinajstić information content (AvgIpc) is 2.80. The van der Waals surface area contributed by atoms with Crippen LogP contribution in [0.1, 0.15) is 43.1 Å². The van der Waals surface area contributed by atoms with E-state index in [0.717, 1.165) is 18.4 Å². The molecule has 1 aromatic heterocycles. The Morgan fingerprint density at radius 2 is 2.12 bits per heavy atom. The van der Waals surface area contributed by atoms with Crippen LogP contribution in [0.3, 0.4) is 0 Å². The first-order valence-corrected chi connectivity index (χ1v) is 6.92. The van der Waals surface area contributed by atoms with Gasteiger partial charge in [0.1, 0.15) is 0 Å². The predicted octanol–water partition coefficient (Wildman–Crippen LogP) is 3.17. The van der Waals surface area contributed by atoms with Gasteiger partial charge in [0.25, 0.3) is 0 Å². The van der Waals surface area contributed by atoms with Crippen LogP contribution in [0.4, 0.5) is 0 Å². The summed E-state index contributed by atoms with van der Waals surface area (Å²) in [4.78, 5) is 0. The fraction of sp³-hybridized carbons (Fsp3) is 0.733. The van der Waals surface area contributed by atoms with E-state index in [1.54, 1.807) is 0 Å². The van der Waals surface area contributed by atoms with E-state index in [-0.39, 0.29) is 0 Å². The van der Waals surface area contributed by atoms with Crippen LogP contribution in [0.5, 0.6) is 0 Å². The SMILES string of the molecule is Cc1cc(CNCC2CCCC2C)c(C)n1C. The summed E-state index contributed by atoms with van der Waals surface area (Å²) in [5.74, 6) is 1.82. The molecular formula is C15H26N2. The third kappa shape index (κ3) is 2.74. The standard InChI is InChI=1S/C15H26N2/c1-11-6-5-7-14(11)9-16-10-15-8-12(2)17(4)13(15)3/h8,11,14,16H,5-7,9-10H2,1-4H3. The van der Waals surface area contributed by atoms with Gasteiger partial charge in [0.2, 0.25) is 0 Å². The minimum atomic E-state index is 0.903. The summed E-state index contributed by atoms with van der Waals surface area (Å²) >= 11 is 0. The molecule has 2 unspecified atom stereocenters. The zero-order chi connectivity index (χ0) is 12.4. The van der Waals surface area contributed by atoms with Gasteiger partial charge >= 0.3 is 0 Å². The minimum Gasteiger partial charge on any atom is -0.352 e. The quantitative estimate of drug-likeness (QED) is 0.846. The van der Waals surface area contributed by atoms with Crippen LogP contribution < -0.4 is 5.32 Å². The molecule has 2 rings (SSSR count). The molecule has 1 saturated carbocycles. The Kier molecular flexibility index (Phi) is 3.93. The molecule has 0 radical (unpaired) electrons. The molecule has 1 N–H and O–H groups in total. The van der Waals surface area contributed by atoms with Crippen molar-refractivity contribution >= 4 is 0 Å². The highest BCUT2D eigenvalue weighted by molar-refractivity contribution is 5.26. The van der Waals surface area contributed by atoms with Gasteiger partial charge in [-0.05, 0) is 50.3 Å². The Balaban J connectivity index is 1.83. The summed E-state index contributed by atoms with van der Waals surface area (Å²) in [7, 11) is 2.15. The summed E-state index contributed by atoms with van der Waals surface area (Å²) in [6, 6.07) is 2.31. The first kappa shape index (κ1) is 12.7. The number of aryl methyl sites for hydroxylation is 1. The molecule has 17 heavy (non-hydrogen) atoms. The van der Waals surface area contributed by atoms with Gasteiger partial charge in [-0.1, -0.05) is 19.8 Å². The van der Waals surface area contributed by atoms with Crippen molar-refractivity contribution in [3.05, 3.63) is 23.0 Å². The second-order valence-electron chi connectivity index (χ2n) is 5.75. The maximum absolute atomic E-state index is 3.64. The number of nitrogens with zero attached hydrogens (tertiary/aromatic N) is 1. The third-order valence-corrected chi connectivity index (χ3v) is 4.64. The summed E-state index contributed by atoms with van der Waals surface area (Å²) in [5.41, 5.74) is 4.21. The molecule has 2 nitrogen and oxygen atoms in total. The van der Waals surface area contributed by atoms with Gasteiger partial charge in [0.15, 0.2) is 0 Å². The zero-order valence-corrected chi connectivity index (χ0v) is 11.7. The summed E-state index contributed by atoms with van der Waals surface area (Å²) in [5, 5.41) is 3.64. The number of nitrogens with one attached hydrogen (secondary N) is 1. The molecule has 1 heterocycles. The Bertz CT molecular complexity index is 379. The topological polar surface area (TPSA) is 17.0 Å². The lowest BCUT2D eigenvalue weighted by atomic mass is 9.98. The van der Waals surface area contributed by atoms with E-state index in [0.29, 0.717) is 0 Å². The molecule has 0 saturated heterocycles. The van der Waals surface area contributed by atoms with Gasteiger partial charge in [-0.2, -0.15) is 0 Å². The second kappa shape index (κ2) is 5.26. The van der Waals surface area contributed by atoms with E-state index in [2.05, 4.69) is 43.8 Å². The second-order valence-corrected chi connectivity index (χ2v) is 5.75. The van der Waals surface area contributed by atoms with Gasteiger partial charge in [-0.3, -0.25) is 0 Å². The molecular weight excluding hydrogens is 208 g/mol. The number of hydrogen-bond donors (Lipinski definition) is 1. The van der Waals surface area contributed by atoms with Crippen molar-refractivity contribution in [2.24, 2.45) is 18.9 Å². The van der Waals surface area contributed by atoms with Crippen molar-refractivity contribution < 1.29 is 0 Å². The van der Waals surface area contributed by atoms with Crippen molar-refractivity contribution in [2.45, 2.75) is 46.6 Å². The Morgan fingerprint density at radius 3 is 2.65 bits per heavy atom. The van der Waals surface area contributed by atoms with Crippen molar-refractivity contribution in [1.82, 2.24) is 9.88 Å². The monoisotopic (exact) mass is 234 g/mol. The molecule has 96 valence electrons. The molecule has 0 spiro atoms. The van der Waals surface area contributed by atoms with Gasteiger partial charge in [0.05, 0.1) is 0 Å². The van der Waals surface area contributed by atoms with Gasteiger partial charge in [-0.15, -0.1) is 0 Å². The van der Waals surface area contributed by atoms with E-state index < -0.39 is 0 Å². The molecule has 0 bridgehead atoms. The summed E-state index contributed by atoms with van der Waals surface area (Å²) in [6.45, 7) is 9.00. The van der Waals surface area contributed by atoms with E-state index >= 15 is 0 Å². The fourth-order valence-electron chi connectivity index (χ4n) is 3.03. The Morgan fingerprint density at radius 1 is 1.35 bits per heavy atom. The number of hydrogen-bond acceptors (Lipinski definition) is 1. The highest BCUT2D eigenvalue weighted by atomic mass is 15.0. The molecule has 1 fully saturated rings. The normalized spacial score (nSPS) is 24.5. The van der Waals surface area contributed by atoms with Crippen LogP contribution in [0, 0.1) is 25.7 Å². The van der Waals surface area contributed by atoms with Crippen LogP contribution in [0.2, 0.25) is 0 Å². The van der Waals surface area contributed by atoms with Crippen molar-refractivity contribution in [3.63, 3.8) is 0 Å². The van der Waals surface area contributed by atoms with E-state index in [4.69, 9.17) is 0 Å². The smallest absolute Gasteiger partial charge is 0.0223 e. The fourth-order valence-corrected chi connectivity index (χ4v) is 3.03. The predicted molar refractivity (Wildman–Crippen MR) is 73.1 cm³/mol. The molecule has 1 aliphatic rings. The largest absolute Gasteiger partial charge is 0.352 e. The van der Waals surface area contributed by atoms with Crippen molar-refractivity contribution in [3.8, 4) is 0 Å². The van der Waals surface area contributed by atoms with E-state index in [1.807, 2.05) is 0 Å². The van der Waals surface area contributed by atoms with E-state index in [1.165, 1.54) is 42.8 Å². The summed E-state index contributed by atoms with van der Waals surface area (Å²) < 4.78 is 2.27. The van der Waals surface area contributed by atoms with Crippen LogP contribution in [-0.4, -0.2) is 11.1 Å². The number of rotatable bonds is 4. The van der Waals surface area contributed by atoms with Crippen molar-refractivity contribution in [2.75, 3.05) is 6.54 Å². The lowest BCUT2D eigenvalue weighted by Crippen LogP contribution is -2.24. The van der Waals surface area contributed by atoms with Crippen LogP contribution >= 0.6 is 0 Å². The third-order valence-electron chi connectivity index (χ3n) is 4.64. The average molecular weight is 234 g/mol. The van der Waals surface area contributed by atoms with Crippen LogP contribution in [-0.2, 0) is 13.6 Å². The molecule has 1 aromatic rings. The Labute approximate surface area is 105 Å². The van der Waals surface area contributed by atoms with Gasteiger partial charge < -0.3 is 9.88 Å². The lowest BCUT2D eigenvalue weighted by molar-refractivity contribution is 0.392. The molecule has 0 aromatic carbocycles. The summed E-state index contributed by atoms with van der Waals surface area (Å²) in [6.07, 6.45) is 4.27.